The van der Waals surface area contributed by atoms with E-state index in [-0.39, 0.29) is 19.4 Å². The van der Waals surface area contributed by atoms with Gasteiger partial charge in [-0.2, -0.15) is 0 Å². The lowest BCUT2D eigenvalue weighted by molar-refractivity contribution is -0.143. The second kappa shape index (κ2) is 13.6. The quantitative estimate of drug-likeness (QED) is 0.177. The number of rotatable bonds is 13. The van der Waals surface area contributed by atoms with Gasteiger partial charge in [0.2, 0.25) is 11.8 Å². The molecule has 2 rings (SSSR count). The zero-order valence-electron chi connectivity index (χ0n) is 19.3. The molecule has 0 unspecified atom stereocenters. The lowest BCUT2D eigenvalue weighted by atomic mass is 10.1. The number of carbonyl (C=O) groups is 5. The first kappa shape index (κ1) is 28.0. The number of hydrogen-bond donors (Lipinski definition) is 7. The molecule has 0 bridgehead atoms. The highest BCUT2D eigenvalue weighted by molar-refractivity contribution is 5.95. The molecule has 12 heteroatoms. The van der Waals surface area contributed by atoms with E-state index in [1.807, 2.05) is 0 Å². The molecule has 0 aliphatic carbocycles. The van der Waals surface area contributed by atoms with Gasteiger partial charge in [-0.05, 0) is 23.3 Å². The third-order valence-electron chi connectivity index (χ3n) is 5.12. The second-order valence-electron chi connectivity index (χ2n) is 7.96. The molecule has 0 saturated carbocycles. The maximum absolute atomic E-state index is 12.6. The van der Waals surface area contributed by atoms with Crippen LogP contribution >= 0.6 is 0 Å². The Morgan fingerprint density at radius 1 is 0.833 bits per heavy atom. The lowest BCUT2D eigenvalue weighted by Gasteiger charge is -2.20. The third-order valence-corrected chi connectivity index (χ3v) is 5.12. The summed E-state index contributed by atoms with van der Waals surface area (Å²) in [7, 11) is 0. The van der Waals surface area contributed by atoms with Gasteiger partial charge in [0.25, 0.3) is 5.91 Å². The summed E-state index contributed by atoms with van der Waals surface area (Å²) in [5.41, 5.74) is 12.7. The summed E-state index contributed by atoms with van der Waals surface area (Å²) in [6, 6.07) is 12.0. The number of carbonyl (C=O) groups excluding carboxylic acids is 3. The molecule has 0 spiro atoms. The van der Waals surface area contributed by atoms with Gasteiger partial charge in [-0.25, -0.2) is 4.79 Å². The third kappa shape index (κ3) is 9.16. The zero-order chi connectivity index (χ0) is 26.7. The maximum Gasteiger partial charge on any atom is 0.326 e. The van der Waals surface area contributed by atoms with Crippen LogP contribution in [-0.4, -0.2) is 58.5 Å². The van der Waals surface area contributed by atoms with Crippen LogP contribution in [0, 0.1) is 0 Å². The lowest BCUT2D eigenvalue weighted by Crippen LogP contribution is -2.53. The second-order valence-corrected chi connectivity index (χ2v) is 7.96. The fraction of sp³-hybridized carbons (Fsp3) is 0.292. The number of aliphatic carboxylic acids is 2. The number of carboxylic acid groups (broad SMARTS) is 2. The van der Waals surface area contributed by atoms with Crippen LogP contribution in [0.1, 0.15) is 40.5 Å². The maximum atomic E-state index is 12.6. The monoisotopic (exact) mass is 499 g/mol. The first-order valence-corrected chi connectivity index (χ1v) is 11.0. The van der Waals surface area contributed by atoms with Gasteiger partial charge in [0.05, 0.1) is 12.6 Å². The SMILES string of the molecule is NC(N)c1ccc(C(=O)NCCC(=O)N[C@@H](CC(=O)O)C(=O)N[C@@H](Cc2ccccc2)C(=O)O)cc1. The Bertz CT molecular complexity index is 1070. The fourth-order valence-electron chi connectivity index (χ4n) is 3.22. The van der Waals surface area contributed by atoms with Crippen LogP contribution in [0.3, 0.4) is 0 Å². The van der Waals surface area contributed by atoms with Crippen LogP contribution in [-0.2, 0) is 25.6 Å². The molecule has 0 radical (unpaired) electrons. The number of nitrogens with two attached hydrogens (primary N) is 2. The highest BCUT2D eigenvalue weighted by atomic mass is 16.4. The van der Waals surface area contributed by atoms with Crippen molar-refractivity contribution in [2.24, 2.45) is 11.5 Å². The Hall–Kier alpha value is -4.29. The van der Waals surface area contributed by atoms with Crippen LogP contribution in [0.5, 0.6) is 0 Å². The standard InChI is InChI=1S/C24H29N5O7/c25-21(26)15-6-8-16(9-7-15)22(33)27-11-10-19(30)28-17(13-20(31)32)23(34)29-18(24(35)36)12-14-4-2-1-3-5-14/h1-9,17-18,21H,10-13,25-26H2,(H,27,33)(H,28,30)(H,29,34)(H,31,32)(H,35,36)/t17-,18-/m0/s1. The summed E-state index contributed by atoms with van der Waals surface area (Å²) in [4.78, 5) is 60.0. The topological polar surface area (TPSA) is 214 Å². The summed E-state index contributed by atoms with van der Waals surface area (Å²) in [5.74, 6) is -4.77. The molecule has 2 aromatic carbocycles. The Morgan fingerprint density at radius 2 is 1.47 bits per heavy atom. The van der Waals surface area contributed by atoms with E-state index in [0.29, 0.717) is 16.7 Å². The van der Waals surface area contributed by atoms with E-state index in [1.54, 1.807) is 42.5 Å². The predicted octanol–water partition coefficient (Wildman–Crippen LogP) is -0.506. The van der Waals surface area contributed by atoms with Gasteiger partial charge < -0.3 is 37.6 Å². The van der Waals surface area contributed by atoms with Crippen molar-refractivity contribution in [3.8, 4) is 0 Å². The van der Waals surface area contributed by atoms with Crippen LogP contribution in [0.2, 0.25) is 0 Å². The molecule has 3 amide bonds. The molecular formula is C24H29N5O7. The van der Waals surface area contributed by atoms with E-state index in [9.17, 15) is 29.1 Å². The summed E-state index contributed by atoms with van der Waals surface area (Å²) in [5, 5.41) is 25.7. The number of carboxylic acids is 2. The Labute approximate surface area is 207 Å². The van der Waals surface area contributed by atoms with E-state index in [0.717, 1.165) is 0 Å². The predicted molar refractivity (Wildman–Crippen MR) is 128 cm³/mol. The summed E-state index contributed by atoms with van der Waals surface area (Å²) < 4.78 is 0. The van der Waals surface area contributed by atoms with Gasteiger partial charge in [-0.1, -0.05) is 42.5 Å². The number of benzene rings is 2. The minimum absolute atomic E-state index is 0.0279. The molecule has 9 N–H and O–H groups in total. The van der Waals surface area contributed by atoms with Crippen molar-refractivity contribution in [1.29, 1.82) is 0 Å². The molecule has 2 aromatic rings. The fourth-order valence-corrected chi connectivity index (χ4v) is 3.22. The van der Waals surface area contributed by atoms with Gasteiger partial charge in [0.1, 0.15) is 12.1 Å². The van der Waals surface area contributed by atoms with Crippen molar-refractivity contribution in [2.75, 3.05) is 6.54 Å². The molecule has 0 saturated heterocycles. The van der Waals surface area contributed by atoms with E-state index in [4.69, 9.17) is 16.6 Å². The number of amides is 3. The van der Waals surface area contributed by atoms with Crippen LogP contribution in [0.25, 0.3) is 0 Å². The first-order chi connectivity index (χ1) is 17.1. The molecule has 0 aromatic heterocycles. The molecule has 36 heavy (non-hydrogen) atoms. The average molecular weight is 500 g/mol. The highest BCUT2D eigenvalue weighted by Gasteiger charge is 2.28. The Kier molecular flexibility index (Phi) is 10.5. The van der Waals surface area contributed by atoms with Crippen molar-refractivity contribution in [3.05, 3.63) is 71.3 Å². The average Bonchev–Trinajstić information content (AvgIpc) is 2.83. The van der Waals surface area contributed by atoms with Gasteiger partial charge in [0.15, 0.2) is 0 Å². The molecule has 12 nitrogen and oxygen atoms in total. The number of nitrogens with one attached hydrogen (secondary N) is 3. The van der Waals surface area contributed by atoms with Gasteiger partial charge >= 0.3 is 11.9 Å². The smallest absolute Gasteiger partial charge is 0.326 e. The van der Waals surface area contributed by atoms with Gasteiger partial charge in [-0.3, -0.25) is 19.2 Å². The van der Waals surface area contributed by atoms with Crippen molar-refractivity contribution in [3.63, 3.8) is 0 Å². The Morgan fingerprint density at radius 3 is 2.03 bits per heavy atom. The molecule has 0 fully saturated rings. The first-order valence-electron chi connectivity index (χ1n) is 11.0. The summed E-state index contributed by atoms with van der Waals surface area (Å²) >= 11 is 0. The van der Waals surface area contributed by atoms with E-state index in [2.05, 4.69) is 16.0 Å². The summed E-state index contributed by atoms with van der Waals surface area (Å²) in [6.07, 6.45) is -1.70. The van der Waals surface area contributed by atoms with E-state index < -0.39 is 54.3 Å². The van der Waals surface area contributed by atoms with Crippen LogP contribution < -0.4 is 27.4 Å². The molecular weight excluding hydrogens is 470 g/mol. The van der Waals surface area contributed by atoms with E-state index in [1.165, 1.54) is 12.1 Å². The zero-order valence-corrected chi connectivity index (χ0v) is 19.3. The van der Waals surface area contributed by atoms with Crippen LogP contribution in [0.4, 0.5) is 0 Å². The highest BCUT2D eigenvalue weighted by Crippen LogP contribution is 2.08. The van der Waals surface area contributed by atoms with Crippen molar-refractivity contribution in [2.45, 2.75) is 37.5 Å². The Balaban J connectivity index is 1.91. The number of hydrogen-bond acceptors (Lipinski definition) is 7. The molecule has 0 heterocycles. The van der Waals surface area contributed by atoms with E-state index >= 15 is 0 Å². The molecule has 0 aliphatic heterocycles. The van der Waals surface area contributed by atoms with Crippen molar-refractivity contribution in [1.82, 2.24) is 16.0 Å². The van der Waals surface area contributed by atoms with Gasteiger partial charge in [-0.15, -0.1) is 0 Å². The van der Waals surface area contributed by atoms with Gasteiger partial charge in [0, 0.05) is 24.9 Å². The minimum Gasteiger partial charge on any atom is -0.481 e. The minimum atomic E-state index is -1.50. The molecule has 2 atom stereocenters. The summed E-state index contributed by atoms with van der Waals surface area (Å²) in [6.45, 7) is -0.0873. The van der Waals surface area contributed by atoms with Crippen molar-refractivity contribution >= 4 is 29.7 Å². The van der Waals surface area contributed by atoms with Crippen molar-refractivity contribution < 1.29 is 34.2 Å². The molecule has 192 valence electrons. The van der Waals surface area contributed by atoms with Crippen LogP contribution in [0.15, 0.2) is 54.6 Å². The largest absolute Gasteiger partial charge is 0.481 e. The normalized spacial score (nSPS) is 12.3. The molecule has 0 aliphatic rings.